The molecule has 0 radical (unpaired) electrons. The van der Waals surface area contributed by atoms with Gasteiger partial charge in [-0.15, -0.1) is 0 Å². The van der Waals surface area contributed by atoms with Crippen LogP contribution in [0.2, 0.25) is 0 Å². The van der Waals surface area contributed by atoms with Crippen molar-refractivity contribution in [1.82, 2.24) is 4.90 Å². The van der Waals surface area contributed by atoms with E-state index < -0.39 is 17.8 Å². The Bertz CT molecular complexity index is 1230. The van der Waals surface area contributed by atoms with Gasteiger partial charge in [0, 0.05) is 12.1 Å². The molecule has 1 aliphatic rings. The van der Waals surface area contributed by atoms with E-state index in [9.17, 15) is 14.0 Å². The Hall–Kier alpha value is -4.07. The summed E-state index contributed by atoms with van der Waals surface area (Å²) in [5, 5.41) is 0. The van der Waals surface area contributed by atoms with Crippen molar-refractivity contribution < 1.29 is 32.9 Å². The molecule has 4 rings (SSSR count). The maximum Gasteiger partial charge on any atom is 0.338 e. The number of methoxy groups -OCH3 is 2. The third-order valence-electron chi connectivity index (χ3n) is 6.13. The fraction of sp³-hybridized carbons (Fsp3) is 0.286. The lowest BCUT2D eigenvalue weighted by atomic mass is 9.91. The number of carbonyl (C=O) groups excluding carboxylic acids is 2. The topological polar surface area (TPSA) is 74.3 Å². The van der Waals surface area contributed by atoms with Crippen molar-refractivity contribution in [2.45, 2.75) is 19.4 Å². The van der Waals surface area contributed by atoms with Crippen molar-refractivity contribution in [2.75, 3.05) is 34.0 Å². The Balaban J connectivity index is 1.63. The van der Waals surface area contributed by atoms with Crippen molar-refractivity contribution >= 4 is 11.9 Å². The first kappa shape index (κ1) is 25.0. The summed E-state index contributed by atoms with van der Waals surface area (Å²) in [6.45, 7) is 2.66. The van der Waals surface area contributed by atoms with Crippen LogP contribution < -0.4 is 14.2 Å². The molecule has 0 aromatic heterocycles. The highest BCUT2D eigenvalue weighted by molar-refractivity contribution is 5.94. The molecular weight excluding hydrogens is 465 g/mol. The molecular formula is C28H28FNO6. The van der Waals surface area contributed by atoms with Gasteiger partial charge in [-0.05, 0) is 85.1 Å². The third-order valence-corrected chi connectivity index (χ3v) is 6.13. The highest BCUT2D eigenvalue weighted by Gasteiger charge is 2.33. The second kappa shape index (κ2) is 11.1. The maximum atomic E-state index is 13.5. The van der Waals surface area contributed by atoms with Gasteiger partial charge in [0.2, 0.25) is 0 Å². The van der Waals surface area contributed by atoms with Gasteiger partial charge >= 0.3 is 5.97 Å². The van der Waals surface area contributed by atoms with Crippen LogP contribution in [0.3, 0.4) is 0 Å². The lowest BCUT2D eigenvalue weighted by molar-refractivity contribution is 0.0524. The average molecular weight is 494 g/mol. The second-order valence-electron chi connectivity index (χ2n) is 8.23. The number of hydrogen-bond acceptors (Lipinski definition) is 6. The summed E-state index contributed by atoms with van der Waals surface area (Å²) in [6, 6.07) is 15.5. The first-order chi connectivity index (χ1) is 17.4. The summed E-state index contributed by atoms with van der Waals surface area (Å²) < 4.78 is 35.5. The summed E-state index contributed by atoms with van der Waals surface area (Å²) >= 11 is 0. The van der Waals surface area contributed by atoms with Crippen molar-refractivity contribution in [3.8, 4) is 17.2 Å². The summed E-state index contributed by atoms with van der Waals surface area (Å²) in [7, 11) is 3.14. The number of hydrogen-bond donors (Lipinski definition) is 0. The molecule has 1 amide bonds. The number of carbonyl (C=O) groups is 2. The van der Waals surface area contributed by atoms with Crippen molar-refractivity contribution in [3.05, 3.63) is 88.7 Å². The standard InChI is InChI=1S/C28H28FNO6/c1-4-35-28(32)19-7-11-22(12-8-19)36-17-24-23-16-26(34-3)25(33-2)15-20(23)13-14-30(24)27(31)18-5-9-21(29)10-6-18/h5-12,15-16,24H,4,13-14,17H2,1-3H3/t24-/m0/s1. The van der Waals surface area contributed by atoms with Crippen LogP contribution in [0, 0.1) is 5.82 Å². The minimum absolute atomic E-state index is 0.161. The SMILES string of the molecule is CCOC(=O)c1ccc(OC[C@H]2c3cc(OC)c(OC)cc3CCN2C(=O)c2ccc(F)cc2)cc1. The van der Waals surface area contributed by atoms with E-state index in [4.69, 9.17) is 18.9 Å². The van der Waals surface area contributed by atoms with Crippen molar-refractivity contribution in [1.29, 1.82) is 0 Å². The Morgan fingerprint density at radius 3 is 2.22 bits per heavy atom. The molecule has 8 heteroatoms. The molecule has 0 spiro atoms. The van der Waals surface area contributed by atoms with Gasteiger partial charge in [0.15, 0.2) is 11.5 Å². The first-order valence-electron chi connectivity index (χ1n) is 11.7. The van der Waals surface area contributed by atoms with Gasteiger partial charge < -0.3 is 23.8 Å². The molecule has 36 heavy (non-hydrogen) atoms. The predicted molar refractivity (Wildman–Crippen MR) is 131 cm³/mol. The van der Waals surface area contributed by atoms with Crippen LogP contribution in [-0.2, 0) is 11.2 Å². The molecule has 188 valence electrons. The Kier molecular flexibility index (Phi) is 7.73. The molecule has 0 fully saturated rings. The lowest BCUT2D eigenvalue weighted by Crippen LogP contribution is -2.42. The monoisotopic (exact) mass is 493 g/mol. The zero-order valence-electron chi connectivity index (χ0n) is 20.5. The number of nitrogens with zero attached hydrogens (tertiary/aromatic N) is 1. The fourth-order valence-electron chi connectivity index (χ4n) is 4.29. The van der Waals surface area contributed by atoms with Crippen LogP contribution in [0.25, 0.3) is 0 Å². The predicted octanol–water partition coefficient (Wildman–Crippen LogP) is 4.84. The molecule has 1 atom stereocenters. The summed E-state index contributed by atoms with van der Waals surface area (Å²) in [5.41, 5.74) is 2.74. The quantitative estimate of drug-likeness (QED) is 0.418. The van der Waals surface area contributed by atoms with Crippen LogP contribution >= 0.6 is 0 Å². The van der Waals surface area contributed by atoms with Crippen LogP contribution in [0.15, 0.2) is 60.7 Å². The Morgan fingerprint density at radius 1 is 0.944 bits per heavy atom. The number of esters is 1. The first-order valence-corrected chi connectivity index (χ1v) is 11.7. The van der Waals surface area contributed by atoms with E-state index in [0.29, 0.717) is 47.9 Å². The second-order valence-corrected chi connectivity index (χ2v) is 8.23. The van der Waals surface area contributed by atoms with Gasteiger partial charge in [-0.1, -0.05) is 0 Å². The Labute approximate surface area is 209 Å². The van der Waals surface area contributed by atoms with E-state index in [2.05, 4.69) is 0 Å². The molecule has 1 heterocycles. The van der Waals surface area contributed by atoms with E-state index >= 15 is 0 Å². The van der Waals surface area contributed by atoms with Gasteiger partial charge in [-0.3, -0.25) is 4.79 Å². The summed E-state index contributed by atoms with van der Waals surface area (Å²) in [6.07, 6.45) is 0.618. The number of benzene rings is 3. The largest absolute Gasteiger partial charge is 0.493 e. The normalized spacial score (nSPS) is 14.6. The van der Waals surface area contributed by atoms with E-state index in [-0.39, 0.29) is 12.5 Å². The molecule has 0 unspecified atom stereocenters. The lowest BCUT2D eigenvalue weighted by Gasteiger charge is -2.37. The third kappa shape index (κ3) is 5.27. The molecule has 0 aliphatic carbocycles. The van der Waals surface area contributed by atoms with Gasteiger partial charge in [-0.25, -0.2) is 9.18 Å². The summed E-state index contributed by atoms with van der Waals surface area (Å²) in [4.78, 5) is 27.1. The number of rotatable bonds is 8. The van der Waals surface area contributed by atoms with Gasteiger partial charge in [0.25, 0.3) is 5.91 Å². The van der Waals surface area contributed by atoms with E-state index in [0.717, 1.165) is 11.1 Å². The number of fused-ring (bicyclic) bond motifs is 1. The number of amides is 1. The van der Waals surface area contributed by atoms with Crippen LogP contribution in [0.5, 0.6) is 17.2 Å². The zero-order chi connectivity index (χ0) is 25.7. The van der Waals surface area contributed by atoms with E-state index in [1.54, 1.807) is 50.3 Å². The molecule has 3 aromatic carbocycles. The Morgan fingerprint density at radius 2 is 1.58 bits per heavy atom. The molecule has 0 bridgehead atoms. The zero-order valence-corrected chi connectivity index (χ0v) is 20.5. The smallest absolute Gasteiger partial charge is 0.338 e. The van der Waals surface area contributed by atoms with Crippen molar-refractivity contribution in [3.63, 3.8) is 0 Å². The van der Waals surface area contributed by atoms with Gasteiger partial charge in [0.1, 0.15) is 18.2 Å². The highest BCUT2D eigenvalue weighted by Crippen LogP contribution is 2.39. The molecule has 0 N–H and O–H groups in total. The number of ether oxygens (including phenoxy) is 4. The molecule has 0 saturated carbocycles. The molecule has 7 nitrogen and oxygen atoms in total. The van der Waals surface area contributed by atoms with Gasteiger partial charge in [-0.2, -0.15) is 0 Å². The minimum Gasteiger partial charge on any atom is -0.493 e. The van der Waals surface area contributed by atoms with Gasteiger partial charge in [0.05, 0.1) is 32.4 Å². The molecule has 0 saturated heterocycles. The van der Waals surface area contributed by atoms with Crippen LogP contribution in [-0.4, -0.2) is 50.8 Å². The average Bonchev–Trinajstić information content (AvgIpc) is 2.91. The van der Waals surface area contributed by atoms with Crippen LogP contribution in [0.4, 0.5) is 4.39 Å². The fourth-order valence-corrected chi connectivity index (χ4v) is 4.29. The minimum atomic E-state index is -0.434. The van der Waals surface area contributed by atoms with E-state index in [1.165, 1.54) is 24.3 Å². The molecule has 1 aliphatic heterocycles. The summed E-state index contributed by atoms with van der Waals surface area (Å²) in [5.74, 6) is 0.687. The molecule has 3 aromatic rings. The number of halogens is 1. The van der Waals surface area contributed by atoms with Crippen molar-refractivity contribution in [2.24, 2.45) is 0 Å². The van der Waals surface area contributed by atoms with E-state index in [1.807, 2.05) is 12.1 Å². The van der Waals surface area contributed by atoms with Crippen LogP contribution in [0.1, 0.15) is 44.8 Å². The maximum absolute atomic E-state index is 13.5. The highest BCUT2D eigenvalue weighted by atomic mass is 19.1.